The summed E-state index contributed by atoms with van der Waals surface area (Å²) in [7, 11) is 0. The predicted octanol–water partition coefficient (Wildman–Crippen LogP) is -0.463. The van der Waals surface area contributed by atoms with Gasteiger partial charge in [-0.05, 0) is 36.2 Å². The molecule has 9 N–H and O–H groups in total. The summed E-state index contributed by atoms with van der Waals surface area (Å²) >= 11 is 0. The van der Waals surface area contributed by atoms with Crippen LogP contribution in [0.3, 0.4) is 0 Å². The van der Waals surface area contributed by atoms with E-state index in [0.29, 0.717) is 11.1 Å². The van der Waals surface area contributed by atoms with E-state index >= 15 is 0 Å². The molecule has 4 atom stereocenters. The van der Waals surface area contributed by atoms with Crippen LogP contribution in [0.15, 0.2) is 54.7 Å². The summed E-state index contributed by atoms with van der Waals surface area (Å²) in [4.78, 5) is 53.3. The third-order valence-corrected chi connectivity index (χ3v) is 5.99. The topological polar surface area (TPSA) is 207 Å². The van der Waals surface area contributed by atoms with E-state index < -0.39 is 47.9 Å². The van der Waals surface area contributed by atoms with Crippen molar-refractivity contribution < 1.29 is 34.5 Å². The molecule has 12 nitrogen and oxygen atoms in total. The second kappa shape index (κ2) is 12.7. The van der Waals surface area contributed by atoms with Crippen molar-refractivity contribution in [2.24, 2.45) is 5.73 Å². The van der Waals surface area contributed by atoms with E-state index in [2.05, 4.69) is 20.9 Å². The number of aliphatic hydroxyl groups excluding tert-OH is 1. The van der Waals surface area contributed by atoms with Crippen LogP contribution in [-0.4, -0.2) is 74.8 Å². The zero-order valence-electron chi connectivity index (χ0n) is 20.7. The van der Waals surface area contributed by atoms with Crippen molar-refractivity contribution in [2.45, 2.75) is 44.0 Å². The Labute approximate surface area is 218 Å². The molecule has 2 aromatic carbocycles. The molecule has 38 heavy (non-hydrogen) atoms. The largest absolute Gasteiger partial charge is 0.508 e. The lowest BCUT2D eigenvalue weighted by molar-refractivity contribution is -0.145. The van der Waals surface area contributed by atoms with Gasteiger partial charge in [0.2, 0.25) is 17.7 Å². The number of nitrogens with one attached hydrogen (secondary N) is 4. The van der Waals surface area contributed by atoms with Crippen molar-refractivity contribution in [3.8, 4) is 5.75 Å². The number of hydrogen-bond donors (Lipinski definition) is 8. The number of rotatable bonds is 12. The standard InChI is InChI=1S/C26H31N5O7/c1-14(32)23(26(37)38)31-25(36)21(11-16-13-28-19-5-3-2-4-18(16)19)30-24(35)20(29-22(34)12-27)10-15-6-8-17(33)9-7-15/h2-9,13-14,20-21,23,28,32-33H,10-12,27H2,1H3,(H,29,34)(H,30,35)(H,31,36)(H,37,38). The molecule has 0 aliphatic rings. The van der Waals surface area contributed by atoms with E-state index in [1.54, 1.807) is 18.3 Å². The number of aromatic amines is 1. The lowest BCUT2D eigenvalue weighted by atomic mass is 10.0. The van der Waals surface area contributed by atoms with E-state index in [9.17, 15) is 34.5 Å². The molecule has 3 amide bonds. The number of hydrogen-bond acceptors (Lipinski definition) is 7. The smallest absolute Gasteiger partial charge is 0.328 e. The number of benzene rings is 2. The van der Waals surface area contributed by atoms with Gasteiger partial charge in [0.25, 0.3) is 0 Å². The molecule has 0 aliphatic carbocycles. The van der Waals surface area contributed by atoms with Gasteiger partial charge in [0.05, 0.1) is 12.6 Å². The van der Waals surface area contributed by atoms with Gasteiger partial charge in [-0.25, -0.2) is 4.79 Å². The Bertz CT molecular complexity index is 1290. The quantitative estimate of drug-likeness (QED) is 0.155. The number of amides is 3. The molecule has 3 rings (SSSR count). The zero-order chi connectivity index (χ0) is 27.8. The maximum Gasteiger partial charge on any atom is 0.328 e. The number of carboxylic acid groups (broad SMARTS) is 1. The summed E-state index contributed by atoms with van der Waals surface area (Å²) < 4.78 is 0. The average molecular weight is 526 g/mol. The normalized spacial score (nSPS) is 14.2. The Morgan fingerprint density at radius 1 is 0.921 bits per heavy atom. The number of H-pyrrole nitrogens is 1. The number of aliphatic hydroxyl groups is 1. The third kappa shape index (κ3) is 7.31. The summed E-state index contributed by atoms with van der Waals surface area (Å²) in [6.07, 6.45) is 0.312. The third-order valence-electron chi connectivity index (χ3n) is 5.99. The molecule has 4 unspecified atom stereocenters. The fourth-order valence-corrected chi connectivity index (χ4v) is 3.97. The lowest BCUT2D eigenvalue weighted by Crippen LogP contribution is -2.58. The van der Waals surface area contributed by atoms with Gasteiger partial charge < -0.3 is 42.0 Å². The predicted molar refractivity (Wildman–Crippen MR) is 138 cm³/mol. The van der Waals surface area contributed by atoms with Gasteiger partial charge >= 0.3 is 5.97 Å². The molecule has 0 bridgehead atoms. The van der Waals surface area contributed by atoms with Crippen LogP contribution >= 0.6 is 0 Å². The first-order chi connectivity index (χ1) is 18.1. The highest BCUT2D eigenvalue weighted by molar-refractivity contribution is 5.94. The number of aliphatic carboxylic acids is 1. The van der Waals surface area contributed by atoms with Crippen molar-refractivity contribution in [2.75, 3.05) is 6.54 Å². The van der Waals surface area contributed by atoms with Gasteiger partial charge in [0, 0.05) is 29.9 Å². The van der Waals surface area contributed by atoms with Crippen LogP contribution in [0.2, 0.25) is 0 Å². The molecule has 12 heteroatoms. The Balaban J connectivity index is 1.89. The van der Waals surface area contributed by atoms with Crippen molar-refractivity contribution in [3.05, 3.63) is 65.9 Å². The molecule has 3 aromatic rings. The maximum atomic E-state index is 13.4. The first-order valence-corrected chi connectivity index (χ1v) is 11.9. The molecule has 0 aliphatic heterocycles. The number of phenols is 1. The molecule has 0 saturated heterocycles. The molecular weight excluding hydrogens is 494 g/mol. The van der Waals surface area contributed by atoms with Crippen LogP contribution in [0.1, 0.15) is 18.1 Å². The first-order valence-electron chi connectivity index (χ1n) is 11.9. The fraction of sp³-hybridized carbons (Fsp3) is 0.308. The summed E-state index contributed by atoms with van der Waals surface area (Å²) in [5.74, 6) is -3.54. The number of carbonyl (C=O) groups excluding carboxylic acids is 3. The highest BCUT2D eigenvalue weighted by atomic mass is 16.4. The Morgan fingerprint density at radius 3 is 2.18 bits per heavy atom. The van der Waals surface area contributed by atoms with E-state index in [1.807, 2.05) is 24.3 Å². The SMILES string of the molecule is CC(O)C(NC(=O)C(Cc1c[nH]c2ccccc12)NC(=O)C(Cc1ccc(O)cc1)NC(=O)CN)C(=O)O. The minimum absolute atomic E-state index is 0.00942. The van der Waals surface area contributed by atoms with Gasteiger partial charge in [0.15, 0.2) is 6.04 Å². The minimum atomic E-state index is -1.60. The average Bonchev–Trinajstić information content (AvgIpc) is 3.29. The van der Waals surface area contributed by atoms with Crippen LogP contribution in [0.5, 0.6) is 5.75 Å². The number of fused-ring (bicyclic) bond motifs is 1. The molecule has 202 valence electrons. The van der Waals surface area contributed by atoms with Crippen LogP contribution in [0, 0.1) is 0 Å². The Kier molecular flexibility index (Phi) is 9.41. The van der Waals surface area contributed by atoms with Gasteiger partial charge in [-0.2, -0.15) is 0 Å². The summed E-state index contributed by atoms with van der Waals surface area (Å²) in [6, 6.07) is 9.39. The van der Waals surface area contributed by atoms with Gasteiger partial charge in [0.1, 0.15) is 17.8 Å². The number of phenolic OH excluding ortho intramolecular Hbond substituents is 1. The van der Waals surface area contributed by atoms with Crippen LogP contribution < -0.4 is 21.7 Å². The monoisotopic (exact) mass is 525 g/mol. The number of carboxylic acids is 1. The zero-order valence-corrected chi connectivity index (χ0v) is 20.7. The van der Waals surface area contributed by atoms with Crippen molar-refractivity contribution >= 4 is 34.6 Å². The molecule has 0 radical (unpaired) electrons. The highest BCUT2D eigenvalue weighted by Crippen LogP contribution is 2.19. The molecular formula is C26H31N5O7. The second-order valence-electron chi connectivity index (χ2n) is 8.88. The van der Waals surface area contributed by atoms with Crippen molar-refractivity contribution in [1.29, 1.82) is 0 Å². The summed E-state index contributed by atoms with van der Waals surface area (Å²) in [6.45, 7) is 0.857. The number of aromatic hydroxyl groups is 1. The number of carbonyl (C=O) groups is 4. The molecule has 0 saturated carbocycles. The van der Waals surface area contributed by atoms with Gasteiger partial charge in [-0.1, -0.05) is 30.3 Å². The Morgan fingerprint density at radius 2 is 1.55 bits per heavy atom. The number of aromatic nitrogens is 1. The molecule has 1 heterocycles. The fourth-order valence-electron chi connectivity index (χ4n) is 3.97. The molecule has 0 fully saturated rings. The first kappa shape index (κ1) is 28.2. The lowest BCUT2D eigenvalue weighted by Gasteiger charge is -2.25. The van der Waals surface area contributed by atoms with E-state index in [1.165, 1.54) is 19.1 Å². The van der Waals surface area contributed by atoms with Gasteiger partial charge in [-0.15, -0.1) is 0 Å². The van der Waals surface area contributed by atoms with Gasteiger partial charge in [-0.3, -0.25) is 14.4 Å². The number of nitrogens with two attached hydrogens (primary N) is 1. The van der Waals surface area contributed by atoms with Crippen LogP contribution in [-0.2, 0) is 32.0 Å². The second-order valence-corrected chi connectivity index (χ2v) is 8.88. The van der Waals surface area contributed by atoms with Crippen molar-refractivity contribution in [3.63, 3.8) is 0 Å². The summed E-state index contributed by atoms with van der Waals surface area (Å²) in [5.41, 5.74) is 7.53. The maximum absolute atomic E-state index is 13.4. The highest BCUT2D eigenvalue weighted by Gasteiger charge is 2.32. The minimum Gasteiger partial charge on any atom is -0.508 e. The molecule has 1 aromatic heterocycles. The van der Waals surface area contributed by atoms with E-state index in [-0.39, 0.29) is 25.1 Å². The Hall–Kier alpha value is -4.42. The van der Waals surface area contributed by atoms with Crippen LogP contribution in [0.4, 0.5) is 0 Å². The van der Waals surface area contributed by atoms with E-state index in [4.69, 9.17) is 5.73 Å². The van der Waals surface area contributed by atoms with E-state index in [0.717, 1.165) is 10.9 Å². The molecule has 0 spiro atoms. The van der Waals surface area contributed by atoms with Crippen LogP contribution in [0.25, 0.3) is 10.9 Å². The summed E-state index contributed by atoms with van der Waals surface area (Å²) in [5, 5.41) is 37.0. The number of para-hydroxylation sites is 1. The van der Waals surface area contributed by atoms with Crippen molar-refractivity contribution in [1.82, 2.24) is 20.9 Å².